The van der Waals surface area contributed by atoms with E-state index in [2.05, 4.69) is 0 Å². The van der Waals surface area contributed by atoms with Crippen LogP contribution in [0.2, 0.25) is 0 Å². The number of ketones is 1. The van der Waals surface area contributed by atoms with Gasteiger partial charge in [-0.25, -0.2) is 0 Å². The van der Waals surface area contributed by atoms with Crippen LogP contribution in [0.4, 0.5) is 5.69 Å². The third-order valence-electron chi connectivity index (χ3n) is 1.84. The van der Waals surface area contributed by atoms with Gasteiger partial charge in [-0.3, -0.25) is 14.9 Å². The van der Waals surface area contributed by atoms with E-state index in [0.29, 0.717) is 14.9 Å². The Morgan fingerprint density at radius 1 is 1.53 bits per heavy atom. The molecule has 80 valence electrons. The summed E-state index contributed by atoms with van der Waals surface area (Å²) in [5.74, 6) is 0.0914. The Kier molecular flexibility index (Phi) is 3.61. The Hall–Kier alpha value is -1.18. The molecule has 0 saturated heterocycles. The molecule has 0 radical (unpaired) electrons. The minimum absolute atomic E-state index is 0.111. The highest BCUT2D eigenvalue weighted by molar-refractivity contribution is 14.1. The van der Waals surface area contributed by atoms with Crippen molar-refractivity contribution in [3.8, 4) is 5.75 Å². The normalized spacial score (nSPS) is 9.80. The van der Waals surface area contributed by atoms with E-state index in [0.717, 1.165) is 0 Å². The van der Waals surface area contributed by atoms with Crippen molar-refractivity contribution in [3.63, 3.8) is 0 Å². The van der Waals surface area contributed by atoms with Crippen LogP contribution < -0.4 is 4.74 Å². The molecule has 0 saturated carbocycles. The number of ether oxygens (including phenoxy) is 1. The molecular formula is C9H8INO4. The number of nitro groups is 1. The monoisotopic (exact) mass is 321 g/mol. The van der Waals surface area contributed by atoms with Gasteiger partial charge in [-0.1, -0.05) is 0 Å². The van der Waals surface area contributed by atoms with Gasteiger partial charge < -0.3 is 4.74 Å². The highest BCUT2D eigenvalue weighted by Gasteiger charge is 2.19. The second-order valence-corrected chi connectivity index (χ2v) is 3.90. The summed E-state index contributed by atoms with van der Waals surface area (Å²) in [7, 11) is 1.40. The van der Waals surface area contributed by atoms with Gasteiger partial charge in [0.2, 0.25) is 0 Å². The lowest BCUT2D eigenvalue weighted by Gasteiger charge is -2.05. The van der Waals surface area contributed by atoms with Crippen LogP contribution in [0.3, 0.4) is 0 Å². The van der Waals surface area contributed by atoms with Crippen molar-refractivity contribution < 1.29 is 14.5 Å². The lowest BCUT2D eigenvalue weighted by atomic mass is 10.1. The number of halogens is 1. The van der Waals surface area contributed by atoms with Crippen LogP contribution in [0.15, 0.2) is 12.1 Å². The van der Waals surface area contributed by atoms with Crippen molar-refractivity contribution in [1.29, 1.82) is 0 Å². The Morgan fingerprint density at radius 2 is 2.13 bits per heavy atom. The van der Waals surface area contributed by atoms with Crippen molar-refractivity contribution in [2.75, 3.05) is 7.11 Å². The number of methoxy groups -OCH3 is 1. The maximum atomic E-state index is 11.2. The first-order chi connectivity index (χ1) is 6.97. The SMILES string of the molecule is COc1cc(C(C)=O)c(I)c([N+](=O)[O-])c1. The lowest BCUT2D eigenvalue weighted by molar-refractivity contribution is -0.385. The summed E-state index contributed by atoms with van der Waals surface area (Å²) in [6, 6.07) is 2.80. The van der Waals surface area contributed by atoms with Crippen molar-refractivity contribution in [2.24, 2.45) is 0 Å². The molecule has 6 heteroatoms. The lowest BCUT2D eigenvalue weighted by Crippen LogP contribution is -2.02. The first-order valence-electron chi connectivity index (χ1n) is 4.00. The summed E-state index contributed by atoms with van der Waals surface area (Å²) in [6.45, 7) is 1.36. The molecule has 5 nitrogen and oxygen atoms in total. The number of hydrogen-bond acceptors (Lipinski definition) is 4. The fraction of sp³-hybridized carbons (Fsp3) is 0.222. The molecular weight excluding hydrogens is 313 g/mol. The first-order valence-corrected chi connectivity index (χ1v) is 5.08. The maximum absolute atomic E-state index is 11.2. The molecule has 15 heavy (non-hydrogen) atoms. The highest BCUT2D eigenvalue weighted by atomic mass is 127. The number of rotatable bonds is 3. The molecule has 0 unspecified atom stereocenters. The van der Waals surface area contributed by atoms with Gasteiger partial charge in [-0.05, 0) is 35.6 Å². The second-order valence-electron chi connectivity index (χ2n) is 2.82. The van der Waals surface area contributed by atoms with E-state index in [1.165, 1.54) is 26.2 Å². The van der Waals surface area contributed by atoms with Gasteiger partial charge in [0.1, 0.15) is 9.32 Å². The number of carbonyl (C=O) groups is 1. The largest absolute Gasteiger partial charge is 0.496 e. The van der Waals surface area contributed by atoms with Crippen molar-refractivity contribution in [1.82, 2.24) is 0 Å². The molecule has 0 atom stereocenters. The van der Waals surface area contributed by atoms with Crippen LogP contribution in [0, 0.1) is 13.7 Å². The van der Waals surface area contributed by atoms with Crippen LogP contribution in [0.25, 0.3) is 0 Å². The zero-order chi connectivity index (χ0) is 11.6. The van der Waals surface area contributed by atoms with Gasteiger partial charge in [-0.15, -0.1) is 0 Å². The molecule has 1 aromatic rings. The number of benzene rings is 1. The molecule has 0 bridgehead atoms. The zero-order valence-electron chi connectivity index (χ0n) is 8.11. The predicted octanol–water partition coefficient (Wildman–Crippen LogP) is 2.41. The Labute approximate surface area is 99.7 Å². The molecule has 0 heterocycles. The summed E-state index contributed by atoms with van der Waals surface area (Å²) >= 11 is 1.79. The van der Waals surface area contributed by atoms with E-state index in [9.17, 15) is 14.9 Å². The van der Waals surface area contributed by atoms with Gasteiger partial charge in [-0.2, -0.15) is 0 Å². The zero-order valence-corrected chi connectivity index (χ0v) is 10.3. The number of nitro benzene ring substituents is 1. The molecule has 0 aliphatic rings. The quantitative estimate of drug-likeness (QED) is 0.371. The van der Waals surface area contributed by atoms with Crippen molar-refractivity contribution >= 4 is 34.1 Å². The van der Waals surface area contributed by atoms with E-state index in [-0.39, 0.29) is 11.5 Å². The molecule has 0 fully saturated rings. The molecule has 0 N–H and O–H groups in total. The predicted molar refractivity (Wildman–Crippen MR) is 62.4 cm³/mol. The average Bonchev–Trinajstić information content (AvgIpc) is 2.17. The number of nitrogens with zero attached hydrogens (tertiary/aromatic N) is 1. The van der Waals surface area contributed by atoms with Crippen LogP contribution in [-0.2, 0) is 0 Å². The van der Waals surface area contributed by atoms with E-state index in [1.54, 1.807) is 22.6 Å². The summed E-state index contributed by atoms with van der Waals surface area (Å²) in [6.07, 6.45) is 0. The molecule has 1 rings (SSSR count). The first kappa shape index (κ1) is 11.9. The van der Waals surface area contributed by atoms with Gasteiger partial charge in [0.15, 0.2) is 5.78 Å². The number of Topliss-reactive ketones (excluding diaryl/α,β-unsaturated/α-hetero) is 1. The van der Waals surface area contributed by atoms with Gasteiger partial charge in [0, 0.05) is 5.56 Å². The van der Waals surface area contributed by atoms with Crippen molar-refractivity contribution in [3.05, 3.63) is 31.4 Å². The van der Waals surface area contributed by atoms with E-state index < -0.39 is 4.92 Å². The third-order valence-corrected chi connectivity index (χ3v) is 2.97. The standard InChI is InChI=1S/C9H8INO4/c1-5(12)7-3-6(15-2)4-8(9(7)10)11(13)14/h3-4H,1-2H3. The van der Waals surface area contributed by atoms with Crippen LogP contribution in [-0.4, -0.2) is 17.8 Å². The molecule has 0 spiro atoms. The minimum atomic E-state index is -0.531. The van der Waals surface area contributed by atoms with Crippen LogP contribution >= 0.6 is 22.6 Å². The summed E-state index contributed by atoms with van der Waals surface area (Å²) in [5.41, 5.74) is 0.196. The summed E-state index contributed by atoms with van der Waals surface area (Å²) < 4.78 is 5.23. The number of hydrogen-bond donors (Lipinski definition) is 0. The fourth-order valence-electron chi connectivity index (χ4n) is 1.09. The Morgan fingerprint density at radius 3 is 2.53 bits per heavy atom. The smallest absolute Gasteiger partial charge is 0.287 e. The average molecular weight is 321 g/mol. The molecule has 0 aromatic heterocycles. The summed E-state index contributed by atoms with van der Waals surface area (Å²) in [5, 5.41) is 10.7. The van der Waals surface area contributed by atoms with E-state index in [4.69, 9.17) is 4.74 Å². The second kappa shape index (κ2) is 4.56. The molecule has 0 aliphatic heterocycles. The van der Waals surface area contributed by atoms with Gasteiger partial charge in [0.05, 0.1) is 18.1 Å². The fourth-order valence-corrected chi connectivity index (χ4v) is 1.98. The van der Waals surface area contributed by atoms with Crippen LogP contribution in [0.5, 0.6) is 5.75 Å². The van der Waals surface area contributed by atoms with Gasteiger partial charge >= 0.3 is 0 Å². The van der Waals surface area contributed by atoms with E-state index >= 15 is 0 Å². The minimum Gasteiger partial charge on any atom is -0.496 e. The molecule has 0 amide bonds. The highest BCUT2D eigenvalue weighted by Crippen LogP contribution is 2.30. The molecule has 1 aromatic carbocycles. The molecule has 0 aliphatic carbocycles. The third kappa shape index (κ3) is 2.44. The Bertz CT molecular complexity index is 395. The van der Waals surface area contributed by atoms with Gasteiger partial charge in [0.25, 0.3) is 5.69 Å². The summed E-state index contributed by atoms with van der Waals surface area (Å²) in [4.78, 5) is 21.4. The van der Waals surface area contributed by atoms with E-state index in [1.807, 2.05) is 0 Å². The number of carbonyl (C=O) groups excluding carboxylic acids is 1. The van der Waals surface area contributed by atoms with Crippen molar-refractivity contribution in [2.45, 2.75) is 6.92 Å². The maximum Gasteiger partial charge on any atom is 0.287 e. The Balaban J connectivity index is 3.47. The topological polar surface area (TPSA) is 69.4 Å². The van der Waals surface area contributed by atoms with Crippen LogP contribution in [0.1, 0.15) is 17.3 Å².